The molecule has 0 saturated carbocycles. The minimum Gasteiger partial charge on any atom is -0.490 e. The average molecular weight is 357 g/mol. The van der Waals surface area contributed by atoms with Crippen LogP contribution in [0.5, 0.6) is 17.2 Å². The van der Waals surface area contributed by atoms with Gasteiger partial charge >= 0.3 is 6.03 Å². The number of nitrogens with one attached hydrogen (secondary N) is 1. The summed E-state index contributed by atoms with van der Waals surface area (Å²) in [5, 5.41) is 3.70. The average Bonchev–Trinajstić information content (AvgIpc) is 2.63. The van der Waals surface area contributed by atoms with Gasteiger partial charge in [0, 0.05) is 0 Å². The van der Waals surface area contributed by atoms with Crippen molar-refractivity contribution in [3.63, 3.8) is 0 Å². The number of primary amides is 1. The summed E-state index contributed by atoms with van der Waals surface area (Å²) >= 11 is 0. The van der Waals surface area contributed by atoms with Crippen molar-refractivity contribution in [3.8, 4) is 17.2 Å². The van der Waals surface area contributed by atoms with E-state index in [9.17, 15) is 4.79 Å². The van der Waals surface area contributed by atoms with Crippen LogP contribution in [-0.4, -0.2) is 25.5 Å². The lowest BCUT2D eigenvalue weighted by molar-refractivity contribution is 0.249. The second-order valence-electron chi connectivity index (χ2n) is 5.24. The molecule has 0 unspecified atom stereocenters. The molecule has 0 aromatic heterocycles. The van der Waals surface area contributed by atoms with E-state index in [0.29, 0.717) is 25.6 Å². The zero-order chi connectivity index (χ0) is 18.8. The minimum absolute atomic E-state index is 0.406. The molecule has 0 atom stereocenters. The molecular weight excluding hydrogens is 334 g/mol. The molecule has 3 N–H and O–H groups in total. The highest BCUT2D eigenvalue weighted by molar-refractivity contribution is 5.81. The Kier molecular flexibility index (Phi) is 7.30. The van der Waals surface area contributed by atoms with Crippen LogP contribution < -0.4 is 25.4 Å². The van der Waals surface area contributed by atoms with E-state index in [4.69, 9.17) is 19.9 Å². The van der Waals surface area contributed by atoms with Gasteiger partial charge in [-0.1, -0.05) is 6.07 Å². The van der Waals surface area contributed by atoms with Crippen molar-refractivity contribution in [2.24, 2.45) is 10.8 Å². The number of hydrazone groups is 1. The predicted octanol–water partition coefficient (Wildman–Crippen LogP) is 3.07. The van der Waals surface area contributed by atoms with Crippen LogP contribution in [0, 0.1) is 0 Å². The molecule has 2 amide bonds. The summed E-state index contributed by atoms with van der Waals surface area (Å²) in [6.45, 7) is 5.43. The van der Waals surface area contributed by atoms with Crippen molar-refractivity contribution in [2.45, 2.75) is 20.5 Å². The number of hydrogen-bond acceptors (Lipinski definition) is 5. The number of benzene rings is 2. The molecule has 0 aliphatic rings. The van der Waals surface area contributed by atoms with Gasteiger partial charge in [0.25, 0.3) is 0 Å². The maximum absolute atomic E-state index is 10.5. The van der Waals surface area contributed by atoms with Crippen molar-refractivity contribution in [1.29, 1.82) is 0 Å². The molecule has 0 fully saturated rings. The van der Waals surface area contributed by atoms with Crippen LogP contribution in [0.15, 0.2) is 47.6 Å². The maximum atomic E-state index is 10.5. The quantitative estimate of drug-likeness (QED) is 0.532. The standard InChI is InChI=1S/C19H23N3O4/c1-3-24-17-10-7-15(11-18(17)25-4-2)13-26-16-8-5-14(6-9-16)12-21-22-19(20)23/h5-12H,3-4,13H2,1-2H3,(H3,20,22,23). The van der Waals surface area contributed by atoms with Crippen molar-refractivity contribution in [1.82, 2.24) is 5.43 Å². The first-order valence-electron chi connectivity index (χ1n) is 8.32. The molecule has 2 aromatic rings. The topological polar surface area (TPSA) is 95.2 Å². The minimum atomic E-state index is -0.706. The molecule has 7 heteroatoms. The Bertz CT molecular complexity index is 745. The van der Waals surface area contributed by atoms with Crippen LogP contribution in [-0.2, 0) is 6.61 Å². The van der Waals surface area contributed by atoms with E-state index in [-0.39, 0.29) is 0 Å². The third-order valence-corrected chi connectivity index (χ3v) is 3.28. The van der Waals surface area contributed by atoms with Gasteiger partial charge in [-0.2, -0.15) is 5.10 Å². The summed E-state index contributed by atoms with van der Waals surface area (Å²) in [5.41, 5.74) is 8.86. The first kappa shape index (κ1) is 19.1. The molecule has 0 bridgehead atoms. The van der Waals surface area contributed by atoms with E-state index in [1.165, 1.54) is 6.21 Å². The highest BCUT2D eigenvalue weighted by Gasteiger charge is 2.06. The highest BCUT2D eigenvalue weighted by Crippen LogP contribution is 2.29. The fourth-order valence-electron chi connectivity index (χ4n) is 2.17. The molecule has 0 spiro atoms. The van der Waals surface area contributed by atoms with Crippen LogP contribution >= 0.6 is 0 Å². The lowest BCUT2D eigenvalue weighted by Gasteiger charge is -2.13. The van der Waals surface area contributed by atoms with Crippen molar-refractivity contribution < 1.29 is 19.0 Å². The zero-order valence-corrected chi connectivity index (χ0v) is 14.9. The number of amides is 2. The van der Waals surface area contributed by atoms with Crippen LogP contribution in [0.1, 0.15) is 25.0 Å². The summed E-state index contributed by atoms with van der Waals surface area (Å²) in [4.78, 5) is 10.5. The first-order chi connectivity index (χ1) is 12.6. The Balaban J connectivity index is 1.96. The number of carbonyl (C=O) groups excluding carboxylic acids is 1. The largest absolute Gasteiger partial charge is 0.490 e. The van der Waals surface area contributed by atoms with Crippen molar-refractivity contribution in [2.75, 3.05) is 13.2 Å². The Hall–Kier alpha value is -3.22. The summed E-state index contributed by atoms with van der Waals surface area (Å²) in [6, 6.07) is 12.3. The zero-order valence-electron chi connectivity index (χ0n) is 14.9. The molecule has 0 aliphatic heterocycles. The molecular formula is C19H23N3O4. The third kappa shape index (κ3) is 6.01. The van der Waals surface area contributed by atoms with Gasteiger partial charge in [0.1, 0.15) is 12.4 Å². The van der Waals surface area contributed by atoms with Gasteiger partial charge in [-0.3, -0.25) is 0 Å². The Labute approximate surface area is 152 Å². The monoisotopic (exact) mass is 357 g/mol. The molecule has 2 aromatic carbocycles. The molecule has 7 nitrogen and oxygen atoms in total. The van der Waals surface area contributed by atoms with Gasteiger partial charge in [0.2, 0.25) is 0 Å². The molecule has 26 heavy (non-hydrogen) atoms. The van der Waals surface area contributed by atoms with Crippen LogP contribution in [0.4, 0.5) is 4.79 Å². The molecule has 2 rings (SSSR count). The number of urea groups is 1. The van der Waals surface area contributed by atoms with E-state index in [0.717, 1.165) is 22.6 Å². The predicted molar refractivity (Wildman–Crippen MR) is 99.9 cm³/mol. The van der Waals surface area contributed by atoms with Gasteiger partial charge in [-0.05, 0) is 61.4 Å². The number of carbonyl (C=O) groups is 1. The van der Waals surface area contributed by atoms with Gasteiger partial charge in [-0.15, -0.1) is 0 Å². The second kappa shape index (κ2) is 9.93. The Morgan fingerprint density at radius 3 is 2.38 bits per heavy atom. The number of rotatable bonds is 9. The summed E-state index contributed by atoms with van der Waals surface area (Å²) in [7, 11) is 0. The Morgan fingerprint density at radius 1 is 1.04 bits per heavy atom. The molecule has 0 radical (unpaired) electrons. The van der Waals surface area contributed by atoms with E-state index >= 15 is 0 Å². The highest BCUT2D eigenvalue weighted by atomic mass is 16.5. The van der Waals surface area contributed by atoms with E-state index < -0.39 is 6.03 Å². The number of nitrogens with two attached hydrogens (primary N) is 1. The van der Waals surface area contributed by atoms with Crippen LogP contribution in [0.25, 0.3) is 0 Å². The van der Waals surface area contributed by atoms with Crippen LogP contribution in [0.3, 0.4) is 0 Å². The van der Waals surface area contributed by atoms with E-state index in [2.05, 4.69) is 10.5 Å². The van der Waals surface area contributed by atoms with Gasteiger partial charge in [0.15, 0.2) is 11.5 Å². The summed E-state index contributed by atoms with van der Waals surface area (Å²) in [5.74, 6) is 2.16. The SMILES string of the molecule is CCOc1ccc(COc2ccc(C=NNC(N)=O)cc2)cc1OCC. The lowest BCUT2D eigenvalue weighted by Crippen LogP contribution is -2.24. The molecule has 138 valence electrons. The fraction of sp³-hybridized carbons (Fsp3) is 0.263. The third-order valence-electron chi connectivity index (χ3n) is 3.28. The summed E-state index contributed by atoms with van der Waals surface area (Å²) < 4.78 is 17.0. The van der Waals surface area contributed by atoms with Crippen molar-refractivity contribution in [3.05, 3.63) is 53.6 Å². The fourth-order valence-corrected chi connectivity index (χ4v) is 2.17. The van der Waals surface area contributed by atoms with Crippen molar-refractivity contribution >= 4 is 12.2 Å². The van der Waals surface area contributed by atoms with Crippen LogP contribution in [0.2, 0.25) is 0 Å². The van der Waals surface area contributed by atoms with Gasteiger partial charge < -0.3 is 19.9 Å². The normalized spacial score (nSPS) is 10.5. The molecule has 0 aliphatic carbocycles. The molecule has 0 saturated heterocycles. The lowest BCUT2D eigenvalue weighted by atomic mass is 10.2. The van der Waals surface area contributed by atoms with Gasteiger partial charge in [0.05, 0.1) is 19.4 Å². The second-order valence-corrected chi connectivity index (χ2v) is 5.24. The van der Waals surface area contributed by atoms with Gasteiger partial charge in [-0.25, -0.2) is 10.2 Å². The molecule has 0 heterocycles. The maximum Gasteiger partial charge on any atom is 0.332 e. The van der Waals surface area contributed by atoms with E-state index in [1.807, 2.05) is 56.3 Å². The smallest absolute Gasteiger partial charge is 0.332 e. The number of nitrogens with zero attached hydrogens (tertiary/aromatic N) is 1. The summed E-state index contributed by atoms with van der Waals surface area (Å²) in [6.07, 6.45) is 1.50. The number of ether oxygens (including phenoxy) is 3. The first-order valence-corrected chi connectivity index (χ1v) is 8.32. The number of hydrogen-bond donors (Lipinski definition) is 2. The van der Waals surface area contributed by atoms with E-state index in [1.54, 1.807) is 0 Å². The Morgan fingerprint density at radius 2 is 1.73 bits per heavy atom.